The van der Waals surface area contributed by atoms with Crippen molar-refractivity contribution < 1.29 is 4.74 Å². The van der Waals surface area contributed by atoms with Gasteiger partial charge < -0.3 is 9.64 Å². The molecule has 0 bridgehead atoms. The fraction of sp³-hybridized carbons (Fsp3) is 0.810. The van der Waals surface area contributed by atoms with Crippen molar-refractivity contribution in [2.24, 2.45) is 5.92 Å². The van der Waals surface area contributed by atoms with Gasteiger partial charge in [-0.1, -0.05) is 6.92 Å². The third-order valence-corrected chi connectivity index (χ3v) is 6.04. The Morgan fingerprint density at radius 2 is 1.68 bits per heavy atom. The van der Waals surface area contributed by atoms with Crippen molar-refractivity contribution in [2.75, 3.05) is 19.7 Å². The zero-order valence-corrected chi connectivity index (χ0v) is 16.3. The van der Waals surface area contributed by atoms with Crippen molar-refractivity contribution in [3.8, 4) is 0 Å². The highest BCUT2D eigenvalue weighted by molar-refractivity contribution is 5.13. The first-order valence-corrected chi connectivity index (χ1v) is 10.3. The number of likely N-dealkylation sites (tertiary alicyclic amines) is 1. The second kappa shape index (κ2) is 9.09. The molecule has 4 nitrogen and oxygen atoms in total. The Kier molecular flexibility index (Phi) is 6.83. The lowest BCUT2D eigenvalue weighted by Gasteiger charge is -2.41. The van der Waals surface area contributed by atoms with Crippen LogP contribution in [0.1, 0.15) is 76.6 Å². The first kappa shape index (κ1) is 18.8. The number of ether oxygens (including phenoxy) is 1. The van der Waals surface area contributed by atoms with E-state index in [4.69, 9.17) is 4.74 Å². The monoisotopic (exact) mass is 345 g/mol. The maximum Gasteiger partial charge on any atom is 0.127 e. The smallest absolute Gasteiger partial charge is 0.127 e. The molecule has 3 rings (SSSR count). The molecular weight excluding hydrogens is 310 g/mol. The van der Waals surface area contributed by atoms with Gasteiger partial charge in [-0.05, 0) is 82.9 Å². The van der Waals surface area contributed by atoms with Gasteiger partial charge in [-0.25, -0.2) is 9.97 Å². The summed E-state index contributed by atoms with van der Waals surface area (Å²) in [6.07, 6.45) is 13.3. The molecular formula is C21H35N3O. The molecule has 1 saturated heterocycles. The number of piperidine rings is 1. The summed E-state index contributed by atoms with van der Waals surface area (Å²) in [4.78, 5) is 11.7. The third-order valence-electron chi connectivity index (χ3n) is 6.04. The summed E-state index contributed by atoms with van der Waals surface area (Å²) in [5, 5.41) is 0. The summed E-state index contributed by atoms with van der Waals surface area (Å²) in [6.45, 7) is 9.81. The molecule has 1 aromatic heterocycles. The number of nitrogens with zero attached hydrogens (tertiary/aromatic N) is 3. The molecule has 0 radical (unpaired) electrons. The molecule has 0 aromatic carbocycles. The Morgan fingerprint density at radius 1 is 1.04 bits per heavy atom. The van der Waals surface area contributed by atoms with Crippen LogP contribution in [-0.2, 0) is 11.2 Å². The van der Waals surface area contributed by atoms with Gasteiger partial charge in [0, 0.05) is 31.5 Å². The van der Waals surface area contributed by atoms with Gasteiger partial charge in [0.1, 0.15) is 5.82 Å². The molecule has 0 spiro atoms. The Morgan fingerprint density at radius 3 is 2.24 bits per heavy atom. The summed E-state index contributed by atoms with van der Waals surface area (Å²) in [7, 11) is 0. The van der Waals surface area contributed by atoms with Crippen molar-refractivity contribution >= 4 is 0 Å². The Balaban J connectivity index is 1.42. The number of rotatable bonds is 6. The Hall–Kier alpha value is -1.00. The van der Waals surface area contributed by atoms with Crippen LogP contribution in [-0.4, -0.2) is 46.7 Å². The van der Waals surface area contributed by atoms with E-state index in [9.17, 15) is 0 Å². The quantitative estimate of drug-likeness (QED) is 0.774. The molecule has 2 fully saturated rings. The molecule has 1 aliphatic carbocycles. The van der Waals surface area contributed by atoms with Gasteiger partial charge in [0.05, 0.1) is 6.10 Å². The maximum atomic E-state index is 5.82. The molecule has 2 heterocycles. The molecule has 25 heavy (non-hydrogen) atoms. The van der Waals surface area contributed by atoms with Gasteiger partial charge >= 0.3 is 0 Å². The van der Waals surface area contributed by atoms with E-state index in [0.717, 1.165) is 30.8 Å². The van der Waals surface area contributed by atoms with E-state index in [1.165, 1.54) is 57.2 Å². The van der Waals surface area contributed by atoms with Crippen LogP contribution in [0.15, 0.2) is 12.4 Å². The first-order chi connectivity index (χ1) is 12.2. The van der Waals surface area contributed by atoms with Gasteiger partial charge in [-0.15, -0.1) is 0 Å². The van der Waals surface area contributed by atoms with Gasteiger partial charge in [0.25, 0.3) is 0 Å². The summed E-state index contributed by atoms with van der Waals surface area (Å²) in [6, 6.07) is 0.801. The average Bonchev–Trinajstić information content (AvgIpc) is 2.67. The van der Waals surface area contributed by atoms with Gasteiger partial charge in [0.2, 0.25) is 0 Å². The minimum absolute atomic E-state index is 0.368. The summed E-state index contributed by atoms with van der Waals surface area (Å²) in [5.41, 5.74) is 1.34. The van der Waals surface area contributed by atoms with Crippen LogP contribution in [0.4, 0.5) is 0 Å². The molecule has 0 atom stereocenters. The van der Waals surface area contributed by atoms with Crippen molar-refractivity contribution in [3.63, 3.8) is 0 Å². The van der Waals surface area contributed by atoms with Gasteiger partial charge in [-0.2, -0.15) is 0 Å². The van der Waals surface area contributed by atoms with E-state index in [2.05, 4.69) is 48.0 Å². The fourth-order valence-electron chi connectivity index (χ4n) is 4.36. The van der Waals surface area contributed by atoms with Crippen LogP contribution in [0.3, 0.4) is 0 Å². The van der Waals surface area contributed by atoms with Crippen molar-refractivity contribution in [1.82, 2.24) is 14.9 Å². The average molecular weight is 346 g/mol. The third kappa shape index (κ3) is 5.24. The molecule has 0 amide bonds. The Bertz CT molecular complexity index is 500. The molecule has 140 valence electrons. The Labute approximate surface area is 153 Å². The highest BCUT2D eigenvalue weighted by Crippen LogP contribution is 2.33. The summed E-state index contributed by atoms with van der Waals surface area (Å²) in [5.74, 6) is 2.39. The normalized spacial score (nSPS) is 26.2. The van der Waals surface area contributed by atoms with E-state index < -0.39 is 0 Å². The van der Waals surface area contributed by atoms with Crippen LogP contribution >= 0.6 is 0 Å². The maximum absolute atomic E-state index is 5.82. The molecule has 4 heteroatoms. The van der Waals surface area contributed by atoms with E-state index >= 15 is 0 Å². The summed E-state index contributed by atoms with van der Waals surface area (Å²) >= 11 is 0. The van der Waals surface area contributed by atoms with Crippen LogP contribution in [0, 0.1) is 5.92 Å². The molecule has 0 N–H and O–H groups in total. The molecule has 1 aromatic rings. The largest absolute Gasteiger partial charge is 0.379 e. The topological polar surface area (TPSA) is 38.2 Å². The van der Waals surface area contributed by atoms with E-state index in [1.54, 1.807) is 0 Å². The predicted molar refractivity (Wildman–Crippen MR) is 102 cm³/mol. The van der Waals surface area contributed by atoms with Crippen molar-refractivity contribution in [2.45, 2.75) is 83.8 Å². The van der Waals surface area contributed by atoms with Crippen LogP contribution in [0.5, 0.6) is 0 Å². The highest BCUT2D eigenvalue weighted by atomic mass is 16.5. The first-order valence-electron chi connectivity index (χ1n) is 10.3. The lowest BCUT2D eigenvalue weighted by molar-refractivity contribution is 0.0269. The van der Waals surface area contributed by atoms with Crippen LogP contribution in [0.25, 0.3) is 0 Å². The van der Waals surface area contributed by atoms with E-state index in [-0.39, 0.29) is 0 Å². The van der Waals surface area contributed by atoms with Crippen molar-refractivity contribution in [3.05, 3.63) is 23.8 Å². The standard InChI is InChI=1S/C21H35N3O/c1-4-21-22-13-19(14-23-21)18-9-11-24(12-10-18)20-7-5-17(6-8-20)15-25-16(2)3/h13-14,16-18,20H,4-12,15H2,1-3H3/t17-,20+. The van der Waals surface area contributed by atoms with E-state index in [1.807, 2.05) is 0 Å². The number of hydrogen-bond acceptors (Lipinski definition) is 4. The zero-order chi connectivity index (χ0) is 17.6. The lowest BCUT2D eigenvalue weighted by atomic mass is 9.83. The van der Waals surface area contributed by atoms with Gasteiger partial charge in [-0.3, -0.25) is 0 Å². The number of aryl methyl sites for hydroxylation is 1. The minimum atomic E-state index is 0.368. The van der Waals surface area contributed by atoms with Gasteiger partial charge in [0.15, 0.2) is 0 Å². The SMILES string of the molecule is CCc1ncc(C2CCN([C@H]3CC[C@@H](COC(C)C)CC3)CC2)cn1. The number of aromatic nitrogens is 2. The lowest BCUT2D eigenvalue weighted by Crippen LogP contribution is -2.43. The molecule has 2 aliphatic rings. The number of hydrogen-bond donors (Lipinski definition) is 0. The fourth-order valence-corrected chi connectivity index (χ4v) is 4.36. The zero-order valence-electron chi connectivity index (χ0n) is 16.3. The predicted octanol–water partition coefficient (Wildman–Crippen LogP) is 4.20. The van der Waals surface area contributed by atoms with Crippen molar-refractivity contribution in [1.29, 1.82) is 0 Å². The molecule has 0 unspecified atom stereocenters. The second-order valence-corrected chi connectivity index (χ2v) is 8.15. The van der Waals surface area contributed by atoms with Crippen LogP contribution < -0.4 is 0 Å². The van der Waals surface area contributed by atoms with Crippen LogP contribution in [0.2, 0.25) is 0 Å². The van der Waals surface area contributed by atoms with E-state index in [0.29, 0.717) is 12.0 Å². The second-order valence-electron chi connectivity index (χ2n) is 8.15. The highest BCUT2D eigenvalue weighted by Gasteiger charge is 2.29. The minimum Gasteiger partial charge on any atom is -0.379 e. The molecule has 1 saturated carbocycles. The summed E-state index contributed by atoms with van der Waals surface area (Å²) < 4.78 is 5.82. The molecule has 1 aliphatic heterocycles.